The predicted octanol–water partition coefficient (Wildman–Crippen LogP) is 3.42. The Hall–Kier alpha value is -0.0500. The van der Waals surface area contributed by atoms with E-state index in [0.717, 1.165) is 27.9 Å². The third-order valence-electron chi connectivity index (χ3n) is 1.83. The van der Waals surface area contributed by atoms with Gasteiger partial charge in [0.2, 0.25) is 0 Å². The Morgan fingerprint density at radius 3 is 2.77 bits per heavy atom. The normalized spacial score (nSPS) is 12.9. The number of hydrogen-bond acceptors (Lipinski definition) is 1. The minimum atomic E-state index is -0.248. The summed E-state index contributed by atoms with van der Waals surface area (Å²) in [5.41, 5.74) is 1.16. The highest BCUT2D eigenvalue weighted by molar-refractivity contribution is 9.10. The molecule has 1 N–H and O–H groups in total. The molecule has 0 radical (unpaired) electrons. The van der Waals surface area contributed by atoms with Crippen LogP contribution in [0.4, 0.5) is 0 Å². The Bertz CT molecular complexity index is 286. The van der Waals surface area contributed by atoms with Crippen molar-refractivity contribution >= 4 is 27.5 Å². The SMILES string of the molecule is CC(O)CCc1ccc(Br)c(Cl)c1. The van der Waals surface area contributed by atoms with Gasteiger partial charge in [0.15, 0.2) is 0 Å². The van der Waals surface area contributed by atoms with Crippen LogP contribution in [0.15, 0.2) is 22.7 Å². The first-order valence-corrected chi connectivity index (χ1v) is 5.38. The summed E-state index contributed by atoms with van der Waals surface area (Å²) < 4.78 is 0.912. The van der Waals surface area contributed by atoms with Gasteiger partial charge in [-0.1, -0.05) is 17.7 Å². The van der Waals surface area contributed by atoms with Gasteiger partial charge >= 0.3 is 0 Å². The summed E-state index contributed by atoms with van der Waals surface area (Å²) in [6, 6.07) is 5.87. The summed E-state index contributed by atoms with van der Waals surface area (Å²) in [5, 5.41) is 9.82. The van der Waals surface area contributed by atoms with Crippen molar-refractivity contribution in [1.29, 1.82) is 0 Å². The van der Waals surface area contributed by atoms with Gasteiger partial charge in [-0.2, -0.15) is 0 Å². The molecule has 0 aliphatic rings. The Balaban J connectivity index is 2.63. The standard InChI is InChI=1S/C10H12BrClO/c1-7(13)2-3-8-4-5-9(11)10(12)6-8/h4-7,13H,2-3H2,1H3. The van der Waals surface area contributed by atoms with E-state index in [-0.39, 0.29) is 6.10 Å². The molecule has 1 unspecified atom stereocenters. The number of aliphatic hydroxyl groups excluding tert-OH is 1. The van der Waals surface area contributed by atoms with Gasteiger partial charge < -0.3 is 5.11 Å². The average molecular weight is 264 g/mol. The zero-order valence-electron chi connectivity index (χ0n) is 7.43. The first-order chi connectivity index (χ1) is 6.09. The topological polar surface area (TPSA) is 20.2 Å². The van der Waals surface area contributed by atoms with E-state index in [1.54, 1.807) is 6.92 Å². The molecule has 3 heteroatoms. The van der Waals surface area contributed by atoms with Crippen molar-refractivity contribution in [3.05, 3.63) is 33.3 Å². The maximum Gasteiger partial charge on any atom is 0.0550 e. The molecule has 0 amide bonds. The van der Waals surface area contributed by atoms with Crippen molar-refractivity contribution in [3.8, 4) is 0 Å². The van der Waals surface area contributed by atoms with E-state index in [0.29, 0.717) is 0 Å². The van der Waals surface area contributed by atoms with E-state index in [2.05, 4.69) is 15.9 Å². The third-order valence-corrected chi connectivity index (χ3v) is 3.07. The Morgan fingerprint density at radius 1 is 1.54 bits per heavy atom. The molecule has 0 bridgehead atoms. The maximum absolute atomic E-state index is 9.10. The minimum Gasteiger partial charge on any atom is -0.393 e. The van der Waals surface area contributed by atoms with Gasteiger partial charge in [-0.25, -0.2) is 0 Å². The molecule has 0 spiro atoms. The van der Waals surface area contributed by atoms with Gasteiger partial charge in [0.05, 0.1) is 11.1 Å². The van der Waals surface area contributed by atoms with E-state index in [1.807, 2.05) is 18.2 Å². The molecule has 0 saturated heterocycles. The molecule has 0 heterocycles. The number of halogens is 2. The fraction of sp³-hybridized carbons (Fsp3) is 0.400. The second kappa shape index (κ2) is 4.99. The van der Waals surface area contributed by atoms with Gasteiger partial charge in [-0.3, -0.25) is 0 Å². The molecule has 1 rings (SSSR count). The van der Waals surface area contributed by atoms with Crippen LogP contribution in [0, 0.1) is 0 Å². The highest BCUT2D eigenvalue weighted by Gasteiger charge is 2.01. The number of aryl methyl sites for hydroxylation is 1. The number of benzene rings is 1. The zero-order valence-corrected chi connectivity index (χ0v) is 9.77. The molecular weight excluding hydrogens is 251 g/mol. The van der Waals surface area contributed by atoms with Gasteiger partial charge in [0.1, 0.15) is 0 Å². The highest BCUT2D eigenvalue weighted by atomic mass is 79.9. The minimum absolute atomic E-state index is 0.248. The summed E-state index contributed by atoms with van der Waals surface area (Å²) in [7, 11) is 0. The molecule has 1 nitrogen and oxygen atoms in total. The molecule has 0 saturated carbocycles. The summed E-state index contributed by atoms with van der Waals surface area (Å²) >= 11 is 9.25. The van der Waals surface area contributed by atoms with Gasteiger partial charge in [0.25, 0.3) is 0 Å². The summed E-state index contributed by atoms with van der Waals surface area (Å²) in [4.78, 5) is 0. The molecule has 1 aromatic rings. The molecule has 0 fully saturated rings. The smallest absolute Gasteiger partial charge is 0.0550 e. The molecule has 0 aliphatic carbocycles. The Labute approximate surface area is 91.9 Å². The van der Waals surface area contributed by atoms with Crippen molar-refractivity contribution in [3.63, 3.8) is 0 Å². The number of rotatable bonds is 3. The van der Waals surface area contributed by atoms with Crippen molar-refractivity contribution < 1.29 is 5.11 Å². The fourth-order valence-electron chi connectivity index (χ4n) is 1.07. The Morgan fingerprint density at radius 2 is 2.23 bits per heavy atom. The summed E-state index contributed by atoms with van der Waals surface area (Å²) in [6.45, 7) is 1.79. The van der Waals surface area contributed by atoms with Crippen LogP contribution < -0.4 is 0 Å². The zero-order chi connectivity index (χ0) is 9.84. The summed E-state index contributed by atoms with van der Waals surface area (Å²) in [5.74, 6) is 0. The van der Waals surface area contributed by atoms with Crippen LogP contribution in [0.3, 0.4) is 0 Å². The first kappa shape index (κ1) is 11.0. The number of hydrogen-bond donors (Lipinski definition) is 1. The van der Waals surface area contributed by atoms with Crippen LogP contribution in [0.1, 0.15) is 18.9 Å². The van der Waals surface area contributed by atoms with Crippen LogP contribution in [-0.4, -0.2) is 11.2 Å². The van der Waals surface area contributed by atoms with Crippen molar-refractivity contribution in [1.82, 2.24) is 0 Å². The molecular formula is C10H12BrClO. The lowest BCUT2D eigenvalue weighted by atomic mass is 10.1. The maximum atomic E-state index is 9.10. The fourth-order valence-corrected chi connectivity index (χ4v) is 1.52. The molecule has 0 aromatic heterocycles. The molecule has 13 heavy (non-hydrogen) atoms. The first-order valence-electron chi connectivity index (χ1n) is 4.21. The van der Waals surface area contributed by atoms with E-state index >= 15 is 0 Å². The van der Waals surface area contributed by atoms with Crippen LogP contribution in [0.5, 0.6) is 0 Å². The molecule has 72 valence electrons. The van der Waals surface area contributed by atoms with Gasteiger partial charge in [-0.15, -0.1) is 0 Å². The van der Waals surface area contributed by atoms with Gasteiger partial charge in [-0.05, 0) is 53.4 Å². The van der Waals surface area contributed by atoms with Crippen LogP contribution in [-0.2, 0) is 6.42 Å². The number of aliphatic hydroxyl groups is 1. The second-order valence-electron chi connectivity index (χ2n) is 3.14. The van der Waals surface area contributed by atoms with E-state index in [9.17, 15) is 0 Å². The van der Waals surface area contributed by atoms with Crippen molar-refractivity contribution in [2.45, 2.75) is 25.9 Å². The van der Waals surface area contributed by atoms with Crippen molar-refractivity contribution in [2.24, 2.45) is 0 Å². The predicted molar refractivity (Wildman–Crippen MR) is 59.2 cm³/mol. The monoisotopic (exact) mass is 262 g/mol. The van der Waals surface area contributed by atoms with Crippen molar-refractivity contribution in [2.75, 3.05) is 0 Å². The van der Waals surface area contributed by atoms with E-state index in [4.69, 9.17) is 16.7 Å². The lowest BCUT2D eigenvalue weighted by Gasteiger charge is -2.05. The largest absolute Gasteiger partial charge is 0.393 e. The third kappa shape index (κ3) is 3.67. The summed E-state index contributed by atoms with van der Waals surface area (Å²) in [6.07, 6.45) is 1.39. The second-order valence-corrected chi connectivity index (χ2v) is 4.40. The highest BCUT2D eigenvalue weighted by Crippen LogP contribution is 2.23. The van der Waals surface area contributed by atoms with Crippen LogP contribution in [0.25, 0.3) is 0 Å². The average Bonchev–Trinajstić information content (AvgIpc) is 2.07. The molecule has 0 aliphatic heterocycles. The van der Waals surface area contributed by atoms with Gasteiger partial charge in [0, 0.05) is 4.47 Å². The van der Waals surface area contributed by atoms with E-state index in [1.165, 1.54) is 0 Å². The Kier molecular flexibility index (Phi) is 4.23. The lowest BCUT2D eigenvalue weighted by molar-refractivity contribution is 0.185. The lowest BCUT2D eigenvalue weighted by Crippen LogP contribution is -2.01. The van der Waals surface area contributed by atoms with E-state index < -0.39 is 0 Å². The molecule has 1 atom stereocenters. The van der Waals surface area contributed by atoms with Crippen LogP contribution >= 0.6 is 27.5 Å². The quantitative estimate of drug-likeness (QED) is 0.886. The molecule has 1 aromatic carbocycles. The van der Waals surface area contributed by atoms with Crippen LogP contribution in [0.2, 0.25) is 5.02 Å².